The van der Waals surface area contributed by atoms with Gasteiger partial charge < -0.3 is 4.57 Å². The smallest absolute Gasteiger partial charge is 0.280 e. The van der Waals surface area contributed by atoms with Crippen LogP contribution in [-0.2, 0) is 20.9 Å². The minimum Gasteiger partial charge on any atom is -0.339 e. The Kier molecular flexibility index (Phi) is 19.6. The molecule has 0 aliphatic carbocycles. The van der Waals surface area contributed by atoms with E-state index >= 15 is 0 Å². The van der Waals surface area contributed by atoms with Crippen molar-refractivity contribution in [3.63, 3.8) is 0 Å². The van der Waals surface area contributed by atoms with E-state index < -0.39 is 19.5 Å². The van der Waals surface area contributed by atoms with Gasteiger partial charge in [0.1, 0.15) is 5.03 Å². The maximum atomic E-state index is 10.7. The minimum atomic E-state index is -3.64. The number of aromatic nitrogens is 4. The van der Waals surface area contributed by atoms with E-state index in [0.717, 1.165) is 0 Å². The van der Waals surface area contributed by atoms with Gasteiger partial charge in [-0.3, -0.25) is 19.4 Å². The Morgan fingerprint density at radius 2 is 1.57 bits per heavy atom. The van der Waals surface area contributed by atoms with Crippen molar-refractivity contribution in [1.29, 1.82) is 0 Å². The Labute approximate surface area is 245 Å². The van der Waals surface area contributed by atoms with E-state index in [1.54, 1.807) is 57.6 Å². The van der Waals surface area contributed by atoms with E-state index in [0.29, 0.717) is 16.2 Å². The van der Waals surface area contributed by atoms with E-state index in [1.165, 1.54) is 35.0 Å². The van der Waals surface area contributed by atoms with Crippen molar-refractivity contribution >= 4 is 94.4 Å². The monoisotopic (exact) mass is 650 g/mol. The van der Waals surface area contributed by atoms with Gasteiger partial charge >= 0.3 is 0 Å². The van der Waals surface area contributed by atoms with Gasteiger partial charge in [0, 0.05) is 48.4 Å². The third-order valence-electron chi connectivity index (χ3n) is 3.45. The normalized spacial score (nSPS) is 9.76. The molecule has 0 saturated heterocycles. The zero-order valence-corrected chi connectivity index (χ0v) is 25.3. The minimum absolute atomic E-state index is 0. The fraction of sp³-hybridized carbons (Fsp3) is 0.238. The van der Waals surface area contributed by atoms with Crippen molar-refractivity contribution in [2.24, 2.45) is 13.0 Å². The van der Waals surface area contributed by atoms with Crippen LogP contribution in [0.2, 0.25) is 0 Å². The second-order valence-corrected chi connectivity index (χ2v) is 11.0. The molecule has 0 aliphatic heterocycles. The molecule has 0 spiro atoms. The van der Waals surface area contributed by atoms with Crippen molar-refractivity contribution in [2.45, 2.75) is 23.9 Å². The van der Waals surface area contributed by atoms with E-state index in [9.17, 15) is 22.8 Å². The first-order valence-electron chi connectivity index (χ1n) is 9.61. The lowest BCUT2D eigenvalue weighted by Gasteiger charge is -1.98. The van der Waals surface area contributed by atoms with Gasteiger partial charge in [0.05, 0.1) is 17.5 Å². The van der Waals surface area contributed by atoms with Crippen LogP contribution in [0, 0.1) is 5.92 Å². The van der Waals surface area contributed by atoms with E-state index in [4.69, 9.17) is 45.5 Å². The summed E-state index contributed by atoms with van der Waals surface area (Å²) < 4.78 is 22.6. The van der Waals surface area contributed by atoms with Gasteiger partial charge in [-0.15, -0.1) is 24.2 Å². The molecular weight excluding hydrogens is 630 g/mol. The number of carbonyl (C=O) groups is 3. The van der Waals surface area contributed by atoms with E-state index in [1.807, 2.05) is 6.26 Å². The fourth-order valence-corrected chi connectivity index (χ4v) is 3.27. The number of thioether (sulfide) groups is 1. The maximum absolute atomic E-state index is 10.7. The molecule has 0 bridgehead atoms. The number of imidazole rings is 1. The summed E-state index contributed by atoms with van der Waals surface area (Å²) in [6.07, 6.45) is 9.21. The number of rotatable bonds is 5. The molecule has 37 heavy (non-hydrogen) atoms. The van der Waals surface area contributed by atoms with Crippen LogP contribution in [-0.4, -0.2) is 49.9 Å². The molecule has 0 atom stereocenters. The molecule has 3 aromatic rings. The third kappa shape index (κ3) is 16.7. The van der Waals surface area contributed by atoms with Gasteiger partial charge in [-0.2, -0.15) is 0 Å². The summed E-state index contributed by atoms with van der Waals surface area (Å²) in [5.74, 6) is -0.0216. The largest absolute Gasteiger partial charge is 0.339 e. The molecule has 3 rings (SSSR count). The van der Waals surface area contributed by atoms with Gasteiger partial charge in [-0.1, -0.05) is 13.8 Å². The summed E-state index contributed by atoms with van der Waals surface area (Å²) in [4.78, 5) is 42.2. The van der Waals surface area contributed by atoms with Crippen LogP contribution in [0.5, 0.6) is 0 Å². The molecule has 9 nitrogen and oxygen atoms in total. The van der Waals surface area contributed by atoms with Crippen LogP contribution < -0.4 is 0 Å². The van der Waals surface area contributed by atoms with Crippen LogP contribution in [0.1, 0.15) is 34.6 Å². The average molecular weight is 653 g/mol. The fourth-order valence-electron chi connectivity index (χ4n) is 1.70. The Morgan fingerprint density at radius 3 is 1.84 bits per heavy atom. The lowest BCUT2D eigenvalue weighted by Crippen LogP contribution is -1.95. The van der Waals surface area contributed by atoms with Crippen LogP contribution in [0.25, 0.3) is 0 Å². The molecule has 3 aromatic heterocycles. The molecule has 0 unspecified atom stereocenters. The summed E-state index contributed by atoms with van der Waals surface area (Å²) in [5, 5.41) is -0.635. The molecule has 16 heteroatoms. The van der Waals surface area contributed by atoms with Crippen molar-refractivity contribution in [3.8, 4) is 0 Å². The summed E-state index contributed by atoms with van der Waals surface area (Å²) in [5.41, 5.74) is 0.904. The Bertz CT molecular complexity index is 1240. The molecule has 0 aromatic carbocycles. The van der Waals surface area contributed by atoms with E-state index in [-0.39, 0.29) is 28.6 Å². The Morgan fingerprint density at radius 1 is 1.00 bits per heavy atom. The zero-order chi connectivity index (χ0) is 27.9. The van der Waals surface area contributed by atoms with Crippen LogP contribution >= 0.6 is 69.7 Å². The SMILES string of the molecule is CC(C)C(=O)Cl.CSc1ncccc1C(=O)Cl.Cl.Cn1cnc(S(=O)(=O)Cl)c1.O=C(Cl)c1cccnc1. The number of hydrogen-bond acceptors (Lipinski definition) is 9. The first-order chi connectivity index (χ1) is 16.7. The van der Waals surface area contributed by atoms with Crippen molar-refractivity contribution in [2.75, 3.05) is 6.26 Å². The molecular formula is C21H23Cl5N4O5S2. The quantitative estimate of drug-likeness (QED) is 0.247. The van der Waals surface area contributed by atoms with Gasteiger partial charge in [0.15, 0.2) is 5.03 Å². The molecule has 0 N–H and O–H groups in total. The Hall–Kier alpha value is -1.73. The number of carbonyl (C=O) groups excluding carboxylic acids is 3. The number of halogens is 5. The topological polar surface area (TPSA) is 129 Å². The van der Waals surface area contributed by atoms with Gasteiger partial charge in [0.2, 0.25) is 5.24 Å². The second-order valence-electron chi connectivity index (χ2n) is 6.62. The average Bonchev–Trinajstić information content (AvgIpc) is 3.27. The number of hydrogen-bond donors (Lipinski definition) is 0. The molecule has 0 fully saturated rings. The zero-order valence-electron chi connectivity index (χ0n) is 19.8. The second kappa shape index (κ2) is 19.4. The Balaban J connectivity index is 0. The number of pyridine rings is 2. The standard InChI is InChI=1S/C7H6ClNOS.C6H4ClNO.C4H5ClN2O2S.C4H7ClO.ClH/c1-11-7-5(6(8)10)3-2-4-9-7;7-6(9)5-2-1-3-8-4-5;1-7-2-4(6-3-7)10(5,8)9;1-3(2)4(5)6;/h2-4H,1H3;1-4H;2-3H,1H3;3H,1-2H3;1H. The highest BCUT2D eigenvalue weighted by Gasteiger charge is 2.11. The maximum Gasteiger partial charge on any atom is 0.280 e. The van der Waals surface area contributed by atoms with Crippen molar-refractivity contribution in [3.05, 3.63) is 66.5 Å². The molecule has 0 radical (unpaired) electrons. The van der Waals surface area contributed by atoms with Crippen LogP contribution in [0.15, 0.2) is 65.4 Å². The summed E-state index contributed by atoms with van der Waals surface area (Å²) in [6, 6.07) is 6.63. The molecule has 0 saturated carbocycles. The summed E-state index contributed by atoms with van der Waals surface area (Å²) in [6.45, 7) is 3.52. The van der Waals surface area contributed by atoms with Crippen molar-refractivity contribution in [1.82, 2.24) is 19.5 Å². The third-order valence-corrected chi connectivity index (χ3v) is 6.20. The molecule has 3 heterocycles. The van der Waals surface area contributed by atoms with E-state index in [2.05, 4.69) is 15.0 Å². The first kappa shape index (κ1) is 37.4. The van der Waals surface area contributed by atoms with Gasteiger partial charge in [-0.05, 0) is 65.3 Å². The highest BCUT2D eigenvalue weighted by Crippen LogP contribution is 2.18. The van der Waals surface area contributed by atoms with Gasteiger partial charge in [0.25, 0.3) is 19.5 Å². The summed E-state index contributed by atoms with van der Waals surface area (Å²) in [7, 11) is 2.99. The molecule has 0 amide bonds. The lowest BCUT2D eigenvalue weighted by atomic mass is 10.3. The molecule has 0 aliphatic rings. The highest BCUT2D eigenvalue weighted by atomic mass is 35.7. The number of nitrogens with zero attached hydrogens (tertiary/aromatic N) is 4. The van der Waals surface area contributed by atoms with Crippen molar-refractivity contribution < 1.29 is 22.8 Å². The first-order valence-corrected chi connectivity index (χ1v) is 14.3. The predicted octanol–water partition coefficient (Wildman–Crippen LogP) is 5.82. The van der Waals surface area contributed by atoms with Crippen LogP contribution in [0.4, 0.5) is 0 Å². The van der Waals surface area contributed by atoms with Crippen LogP contribution in [0.3, 0.4) is 0 Å². The lowest BCUT2D eigenvalue weighted by molar-refractivity contribution is -0.114. The molecule has 204 valence electrons. The summed E-state index contributed by atoms with van der Waals surface area (Å²) >= 11 is 16.8. The predicted molar refractivity (Wildman–Crippen MR) is 150 cm³/mol. The highest BCUT2D eigenvalue weighted by molar-refractivity contribution is 8.13. The van der Waals surface area contributed by atoms with Gasteiger partial charge in [-0.25, -0.2) is 18.4 Å². The number of aryl methyl sites for hydroxylation is 1.